The topological polar surface area (TPSA) is 12.0 Å². The van der Waals surface area contributed by atoms with Crippen LogP contribution in [-0.4, -0.2) is 13.1 Å². The monoisotopic (exact) mass is 303 g/mol. The summed E-state index contributed by atoms with van der Waals surface area (Å²) in [5, 5.41) is 3.44. The van der Waals surface area contributed by atoms with Gasteiger partial charge in [0, 0.05) is 20.8 Å². The molecule has 0 atom stereocenters. The molecule has 0 unspecified atom stereocenters. The van der Waals surface area contributed by atoms with Crippen molar-refractivity contribution in [3.63, 3.8) is 0 Å². The highest BCUT2D eigenvalue weighted by Crippen LogP contribution is 2.31. The first-order chi connectivity index (χ1) is 7.44. The molecule has 1 N–H and O–H groups in total. The summed E-state index contributed by atoms with van der Waals surface area (Å²) in [5.41, 5.74) is 0.382. The fourth-order valence-corrected chi connectivity index (χ4v) is 3.57. The SMILES string of the molecule is CCNCC(C)(C)CCc1sc(C)cc1Br. The average molecular weight is 304 g/mol. The van der Waals surface area contributed by atoms with Gasteiger partial charge in [-0.05, 0) is 53.7 Å². The van der Waals surface area contributed by atoms with Gasteiger partial charge in [0.25, 0.3) is 0 Å². The van der Waals surface area contributed by atoms with E-state index >= 15 is 0 Å². The molecule has 0 bridgehead atoms. The average Bonchev–Trinajstić information content (AvgIpc) is 2.52. The van der Waals surface area contributed by atoms with Crippen molar-refractivity contribution in [1.29, 1.82) is 0 Å². The van der Waals surface area contributed by atoms with Crippen LogP contribution in [-0.2, 0) is 6.42 Å². The van der Waals surface area contributed by atoms with E-state index in [1.807, 2.05) is 11.3 Å². The summed E-state index contributed by atoms with van der Waals surface area (Å²) in [7, 11) is 0. The van der Waals surface area contributed by atoms with E-state index < -0.39 is 0 Å². The van der Waals surface area contributed by atoms with E-state index in [2.05, 4.69) is 55.0 Å². The van der Waals surface area contributed by atoms with Crippen molar-refractivity contribution in [2.75, 3.05) is 13.1 Å². The quantitative estimate of drug-likeness (QED) is 0.822. The Kier molecular flexibility index (Phi) is 5.48. The predicted octanol–water partition coefficient (Wildman–Crippen LogP) is 4.39. The Labute approximate surface area is 112 Å². The van der Waals surface area contributed by atoms with Gasteiger partial charge in [-0.15, -0.1) is 11.3 Å². The molecule has 0 radical (unpaired) electrons. The van der Waals surface area contributed by atoms with Crippen molar-refractivity contribution in [1.82, 2.24) is 5.32 Å². The number of aryl methyl sites for hydroxylation is 2. The van der Waals surface area contributed by atoms with Crippen LogP contribution < -0.4 is 5.32 Å². The Balaban J connectivity index is 2.47. The molecule has 0 aliphatic heterocycles. The normalized spacial score (nSPS) is 12.1. The van der Waals surface area contributed by atoms with E-state index in [-0.39, 0.29) is 0 Å². The molecule has 0 spiro atoms. The molecule has 16 heavy (non-hydrogen) atoms. The summed E-state index contributed by atoms with van der Waals surface area (Å²) in [6, 6.07) is 2.22. The summed E-state index contributed by atoms with van der Waals surface area (Å²) in [5.74, 6) is 0. The molecule has 0 amide bonds. The summed E-state index contributed by atoms with van der Waals surface area (Å²) in [4.78, 5) is 2.88. The Morgan fingerprint density at radius 2 is 2.12 bits per heavy atom. The van der Waals surface area contributed by atoms with Crippen LogP contribution in [0.2, 0.25) is 0 Å². The van der Waals surface area contributed by atoms with Crippen LogP contribution in [0.25, 0.3) is 0 Å². The van der Waals surface area contributed by atoms with Crippen molar-refractivity contribution in [2.24, 2.45) is 5.41 Å². The van der Waals surface area contributed by atoms with Crippen molar-refractivity contribution in [3.05, 3.63) is 20.3 Å². The molecular formula is C13H22BrNS. The van der Waals surface area contributed by atoms with Gasteiger partial charge in [0.1, 0.15) is 0 Å². The summed E-state index contributed by atoms with van der Waals surface area (Å²) in [6.07, 6.45) is 2.41. The van der Waals surface area contributed by atoms with Crippen LogP contribution in [0.15, 0.2) is 10.5 Å². The van der Waals surface area contributed by atoms with Crippen LogP contribution in [0, 0.1) is 12.3 Å². The first-order valence-corrected chi connectivity index (χ1v) is 7.51. The molecule has 1 heterocycles. The minimum absolute atomic E-state index is 0.382. The van der Waals surface area contributed by atoms with Gasteiger partial charge in [0.2, 0.25) is 0 Å². The zero-order valence-electron chi connectivity index (χ0n) is 10.7. The first kappa shape index (κ1) is 14.2. The molecule has 3 heteroatoms. The van der Waals surface area contributed by atoms with Gasteiger partial charge in [-0.1, -0.05) is 20.8 Å². The van der Waals surface area contributed by atoms with Gasteiger partial charge in [-0.3, -0.25) is 0 Å². The Morgan fingerprint density at radius 3 is 2.62 bits per heavy atom. The molecule has 0 fully saturated rings. The van der Waals surface area contributed by atoms with E-state index in [0.717, 1.165) is 13.1 Å². The molecule has 92 valence electrons. The lowest BCUT2D eigenvalue weighted by Gasteiger charge is -2.24. The van der Waals surface area contributed by atoms with Crippen molar-refractivity contribution >= 4 is 27.3 Å². The highest BCUT2D eigenvalue weighted by Gasteiger charge is 2.18. The molecule has 1 rings (SSSR count). The number of hydrogen-bond donors (Lipinski definition) is 1. The Hall–Kier alpha value is 0.140. The van der Waals surface area contributed by atoms with Crippen LogP contribution in [0.1, 0.15) is 36.9 Å². The summed E-state index contributed by atoms with van der Waals surface area (Å²) in [6.45, 7) is 11.2. The second kappa shape index (κ2) is 6.18. The number of thiophene rings is 1. The number of hydrogen-bond acceptors (Lipinski definition) is 2. The molecule has 1 nitrogen and oxygen atoms in total. The Bertz CT molecular complexity index is 331. The molecule has 0 saturated heterocycles. The Morgan fingerprint density at radius 1 is 1.44 bits per heavy atom. The first-order valence-electron chi connectivity index (χ1n) is 5.90. The van der Waals surface area contributed by atoms with Crippen molar-refractivity contribution < 1.29 is 0 Å². The van der Waals surface area contributed by atoms with Gasteiger partial charge in [-0.25, -0.2) is 0 Å². The fourth-order valence-electron chi connectivity index (χ4n) is 1.71. The third-order valence-corrected chi connectivity index (χ3v) is 4.84. The van der Waals surface area contributed by atoms with Crippen LogP contribution in [0.4, 0.5) is 0 Å². The lowest BCUT2D eigenvalue weighted by molar-refractivity contribution is 0.318. The maximum atomic E-state index is 3.63. The van der Waals surface area contributed by atoms with E-state index in [4.69, 9.17) is 0 Å². The summed E-state index contributed by atoms with van der Waals surface area (Å²) >= 11 is 5.54. The number of rotatable bonds is 6. The van der Waals surface area contributed by atoms with E-state index in [9.17, 15) is 0 Å². The second-order valence-corrected chi connectivity index (χ2v) is 7.27. The van der Waals surface area contributed by atoms with Crippen molar-refractivity contribution in [2.45, 2.75) is 40.5 Å². The van der Waals surface area contributed by atoms with Crippen LogP contribution >= 0.6 is 27.3 Å². The predicted molar refractivity (Wildman–Crippen MR) is 77.4 cm³/mol. The standard InChI is InChI=1S/C13H22BrNS/c1-5-15-9-13(3,4)7-6-12-11(14)8-10(2)16-12/h8,15H,5-7,9H2,1-4H3. The smallest absolute Gasteiger partial charge is 0.0317 e. The fraction of sp³-hybridized carbons (Fsp3) is 0.692. The number of halogens is 1. The van der Waals surface area contributed by atoms with E-state index in [1.165, 1.54) is 27.1 Å². The van der Waals surface area contributed by atoms with Crippen molar-refractivity contribution in [3.8, 4) is 0 Å². The molecule has 1 aromatic rings. The highest BCUT2D eigenvalue weighted by molar-refractivity contribution is 9.10. The van der Waals surface area contributed by atoms with Crippen LogP contribution in [0.5, 0.6) is 0 Å². The molecule has 1 aromatic heterocycles. The zero-order valence-corrected chi connectivity index (χ0v) is 13.1. The second-order valence-electron chi connectivity index (χ2n) is 5.07. The molecular weight excluding hydrogens is 282 g/mol. The lowest BCUT2D eigenvalue weighted by atomic mass is 9.87. The lowest BCUT2D eigenvalue weighted by Crippen LogP contribution is -2.29. The minimum atomic E-state index is 0.382. The van der Waals surface area contributed by atoms with Gasteiger partial charge in [0.15, 0.2) is 0 Å². The van der Waals surface area contributed by atoms with E-state index in [1.54, 1.807) is 0 Å². The van der Waals surface area contributed by atoms with E-state index in [0.29, 0.717) is 5.41 Å². The third-order valence-electron chi connectivity index (χ3n) is 2.76. The third kappa shape index (κ3) is 4.56. The van der Waals surface area contributed by atoms with Crippen LogP contribution in [0.3, 0.4) is 0 Å². The number of nitrogens with one attached hydrogen (secondary N) is 1. The van der Waals surface area contributed by atoms with Gasteiger partial charge in [0.05, 0.1) is 0 Å². The highest BCUT2D eigenvalue weighted by atomic mass is 79.9. The van der Waals surface area contributed by atoms with Gasteiger partial charge < -0.3 is 5.32 Å². The minimum Gasteiger partial charge on any atom is -0.316 e. The maximum Gasteiger partial charge on any atom is 0.0317 e. The molecule has 0 saturated carbocycles. The molecule has 0 aliphatic rings. The maximum absolute atomic E-state index is 3.63. The van der Waals surface area contributed by atoms with Gasteiger partial charge >= 0.3 is 0 Å². The zero-order chi connectivity index (χ0) is 12.2. The molecule has 0 aliphatic carbocycles. The summed E-state index contributed by atoms with van der Waals surface area (Å²) < 4.78 is 1.29. The molecule has 0 aromatic carbocycles. The largest absolute Gasteiger partial charge is 0.316 e. The van der Waals surface area contributed by atoms with Gasteiger partial charge in [-0.2, -0.15) is 0 Å².